The van der Waals surface area contributed by atoms with Crippen LogP contribution in [0.15, 0.2) is 28.7 Å². The van der Waals surface area contributed by atoms with Crippen LogP contribution in [0.4, 0.5) is 5.69 Å². The molecule has 1 aromatic carbocycles. The predicted octanol–water partition coefficient (Wildman–Crippen LogP) is 2.47. The minimum atomic E-state index is -0.752. The number of nitrogens with one attached hydrogen (secondary N) is 1. The van der Waals surface area contributed by atoms with Gasteiger partial charge < -0.3 is 24.9 Å². The van der Waals surface area contributed by atoms with E-state index in [2.05, 4.69) is 10.1 Å². The van der Waals surface area contributed by atoms with Crippen molar-refractivity contribution in [1.29, 1.82) is 0 Å². The van der Waals surface area contributed by atoms with E-state index in [0.29, 0.717) is 30.4 Å². The van der Waals surface area contributed by atoms with Crippen LogP contribution in [0.5, 0.6) is 0 Å². The minimum absolute atomic E-state index is 0.0814. The second-order valence-electron chi connectivity index (χ2n) is 6.25. The summed E-state index contributed by atoms with van der Waals surface area (Å²) in [6.07, 6.45) is 1.14. The summed E-state index contributed by atoms with van der Waals surface area (Å²) in [5.41, 5.74) is 6.07. The highest BCUT2D eigenvalue weighted by atomic mass is 16.5. The molecule has 0 aliphatic carbocycles. The van der Waals surface area contributed by atoms with Gasteiger partial charge in [0.25, 0.3) is 5.91 Å². The van der Waals surface area contributed by atoms with E-state index < -0.39 is 5.91 Å². The third kappa shape index (κ3) is 5.82. The molecule has 2 amide bonds. The van der Waals surface area contributed by atoms with Crippen LogP contribution in [0.1, 0.15) is 36.7 Å². The van der Waals surface area contributed by atoms with Crippen LogP contribution < -0.4 is 11.1 Å². The summed E-state index contributed by atoms with van der Waals surface area (Å²) in [6.45, 7) is 2.59. The molecule has 0 saturated heterocycles. The van der Waals surface area contributed by atoms with Crippen molar-refractivity contribution in [1.82, 2.24) is 0 Å². The first kappa shape index (κ1) is 20.4. The number of benzene rings is 1. The van der Waals surface area contributed by atoms with Crippen molar-refractivity contribution in [3.05, 3.63) is 30.0 Å². The maximum absolute atomic E-state index is 12.2. The number of fused-ring (bicyclic) bond motifs is 1. The lowest BCUT2D eigenvalue weighted by Crippen LogP contribution is -2.18. The Kier molecular flexibility index (Phi) is 7.36. The highest BCUT2D eigenvalue weighted by Crippen LogP contribution is 2.30. The van der Waals surface area contributed by atoms with Gasteiger partial charge in [0.2, 0.25) is 11.7 Å². The average molecular weight is 376 g/mol. The molecule has 8 nitrogen and oxygen atoms in total. The molecule has 0 spiro atoms. The number of nitrogens with two attached hydrogens (primary N) is 1. The van der Waals surface area contributed by atoms with Crippen LogP contribution in [0, 0.1) is 5.92 Å². The standard InChI is InChI=1S/C19H24N2O6/c1-12(11-16(23)25-2)7-9-26-10-8-15(22)21-17-13-5-3-4-6-14(13)27-18(17)19(20)24/h3-6,12H,7-11H2,1-2H3,(H2,20,24)(H,21,22). The van der Waals surface area contributed by atoms with Gasteiger partial charge in [-0.25, -0.2) is 0 Å². The predicted molar refractivity (Wildman–Crippen MR) is 99.2 cm³/mol. The number of anilines is 1. The van der Waals surface area contributed by atoms with Crippen LogP contribution >= 0.6 is 0 Å². The number of amides is 2. The van der Waals surface area contributed by atoms with E-state index in [0.717, 1.165) is 0 Å². The number of rotatable bonds is 10. The van der Waals surface area contributed by atoms with Crippen molar-refractivity contribution < 1.29 is 28.3 Å². The second-order valence-corrected chi connectivity index (χ2v) is 6.25. The highest BCUT2D eigenvalue weighted by Gasteiger charge is 2.20. The summed E-state index contributed by atoms with van der Waals surface area (Å²) in [5, 5.41) is 3.28. The Morgan fingerprint density at radius 2 is 1.96 bits per heavy atom. The van der Waals surface area contributed by atoms with Crippen LogP contribution in [-0.4, -0.2) is 38.1 Å². The minimum Gasteiger partial charge on any atom is -0.469 e. The van der Waals surface area contributed by atoms with E-state index in [1.165, 1.54) is 7.11 Å². The summed E-state index contributed by atoms with van der Waals surface area (Å²) in [7, 11) is 1.36. The Hall–Kier alpha value is -2.87. The molecule has 0 saturated carbocycles. The molecule has 1 heterocycles. The van der Waals surface area contributed by atoms with Gasteiger partial charge in [-0.3, -0.25) is 14.4 Å². The number of esters is 1. The lowest BCUT2D eigenvalue weighted by Gasteiger charge is -2.10. The van der Waals surface area contributed by atoms with E-state index in [4.69, 9.17) is 14.9 Å². The molecule has 3 N–H and O–H groups in total. The van der Waals surface area contributed by atoms with Gasteiger partial charge in [-0.1, -0.05) is 19.1 Å². The third-order valence-electron chi connectivity index (χ3n) is 4.05. The van der Waals surface area contributed by atoms with Gasteiger partial charge in [0, 0.05) is 18.4 Å². The number of primary amides is 1. The third-order valence-corrected chi connectivity index (χ3v) is 4.05. The molecule has 2 aromatic rings. The topological polar surface area (TPSA) is 121 Å². The number of methoxy groups -OCH3 is 1. The number of carbonyl (C=O) groups is 3. The van der Waals surface area contributed by atoms with Crippen LogP contribution in [0.25, 0.3) is 11.0 Å². The van der Waals surface area contributed by atoms with Crippen molar-refractivity contribution in [2.24, 2.45) is 11.7 Å². The van der Waals surface area contributed by atoms with Crippen molar-refractivity contribution in [2.75, 3.05) is 25.6 Å². The molecule has 2 rings (SSSR count). The van der Waals surface area contributed by atoms with Gasteiger partial charge in [0.15, 0.2) is 0 Å². The zero-order valence-electron chi connectivity index (χ0n) is 15.4. The van der Waals surface area contributed by atoms with E-state index in [9.17, 15) is 14.4 Å². The normalized spacial score (nSPS) is 11.9. The molecule has 1 atom stereocenters. The lowest BCUT2D eigenvalue weighted by molar-refractivity contribution is -0.141. The summed E-state index contributed by atoms with van der Waals surface area (Å²) in [4.78, 5) is 34.9. The molecule has 27 heavy (non-hydrogen) atoms. The first-order chi connectivity index (χ1) is 12.9. The molecule has 0 aliphatic rings. The van der Waals surface area contributed by atoms with Crippen molar-refractivity contribution in [3.63, 3.8) is 0 Å². The summed E-state index contributed by atoms with van der Waals surface area (Å²) in [5.74, 6) is -1.26. The van der Waals surface area contributed by atoms with Gasteiger partial charge in [-0.05, 0) is 24.5 Å². The maximum Gasteiger partial charge on any atom is 0.305 e. The smallest absolute Gasteiger partial charge is 0.305 e. The molecule has 0 aliphatic heterocycles. The van der Waals surface area contributed by atoms with Gasteiger partial charge in [-0.15, -0.1) is 0 Å². The fraction of sp³-hybridized carbons (Fsp3) is 0.421. The number of ether oxygens (including phenoxy) is 2. The zero-order chi connectivity index (χ0) is 19.8. The summed E-state index contributed by atoms with van der Waals surface area (Å²) in [6, 6.07) is 6.96. The lowest BCUT2D eigenvalue weighted by atomic mass is 10.1. The van der Waals surface area contributed by atoms with Crippen molar-refractivity contribution in [3.8, 4) is 0 Å². The Morgan fingerprint density at radius 3 is 2.67 bits per heavy atom. The molecule has 8 heteroatoms. The number of furan rings is 1. The monoisotopic (exact) mass is 376 g/mol. The Balaban J connectivity index is 1.81. The molecule has 0 fully saturated rings. The van der Waals surface area contributed by atoms with Gasteiger partial charge in [0.05, 0.1) is 20.1 Å². The molecule has 0 radical (unpaired) electrons. The fourth-order valence-electron chi connectivity index (χ4n) is 2.57. The van der Waals surface area contributed by atoms with Gasteiger partial charge in [0.1, 0.15) is 11.3 Å². The zero-order valence-corrected chi connectivity index (χ0v) is 15.4. The largest absolute Gasteiger partial charge is 0.469 e. The number of hydrogen-bond donors (Lipinski definition) is 2. The van der Waals surface area contributed by atoms with E-state index in [1.807, 2.05) is 6.92 Å². The molecule has 1 aromatic heterocycles. The fourth-order valence-corrected chi connectivity index (χ4v) is 2.57. The van der Waals surface area contributed by atoms with Crippen molar-refractivity contribution in [2.45, 2.75) is 26.2 Å². The van der Waals surface area contributed by atoms with Crippen LogP contribution in [-0.2, 0) is 19.1 Å². The van der Waals surface area contributed by atoms with Gasteiger partial charge in [-0.2, -0.15) is 0 Å². The molecule has 1 unspecified atom stereocenters. The number of carbonyl (C=O) groups excluding carboxylic acids is 3. The Morgan fingerprint density at radius 1 is 1.22 bits per heavy atom. The summed E-state index contributed by atoms with van der Waals surface area (Å²) < 4.78 is 15.5. The number of para-hydroxylation sites is 1. The highest BCUT2D eigenvalue weighted by molar-refractivity contribution is 6.10. The maximum atomic E-state index is 12.2. The SMILES string of the molecule is COC(=O)CC(C)CCOCCC(=O)Nc1c(C(N)=O)oc2ccccc12. The first-order valence-electron chi connectivity index (χ1n) is 8.68. The van der Waals surface area contributed by atoms with Gasteiger partial charge >= 0.3 is 5.97 Å². The number of hydrogen-bond acceptors (Lipinski definition) is 6. The van der Waals surface area contributed by atoms with Crippen molar-refractivity contribution >= 4 is 34.4 Å². The molecular formula is C19H24N2O6. The Bertz CT molecular complexity index is 814. The Labute approximate surface area is 157 Å². The average Bonchev–Trinajstić information content (AvgIpc) is 3.00. The first-order valence-corrected chi connectivity index (χ1v) is 8.68. The van der Waals surface area contributed by atoms with E-state index >= 15 is 0 Å². The van der Waals surface area contributed by atoms with E-state index in [-0.39, 0.29) is 42.3 Å². The summed E-state index contributed by atoms with van der Waals surface area (Å²) >= 11 is 0. The van der Waals surface area contributed by atoms with Crippen LogP contribution in [0.3, 0.4) is 0 Å². The quantitative estimate of drug-likeness (QED) is 0.485. The molecular weight excluding hydrogens is 352 g/mol. The second kappa shape index (κ2) is 9.72. The molecule has 0 bridgehead atoms. The molecule has 146 valence electrons. The van der Waals surface area contributed by atoms with Crippen LogP contribution in [0.2, 0.25) is 0 Å². The van der Waals surface area contributed by atoms with E-state index in [1.54, 1.807) is 24.3 Å².